The first-order chi connectivity index (χ1) is 15.5. The molecule has 0 aliphatic heterocycles. The number of rotatable bonds is 9. The summed E-state index contributed by atoms with van der Waals surface area (Å²) >= 11 is 0. The van der Waals surface area contributed by atoms with Gasteiger partial charge in [0.15, 0.2) is 0 Å². The largest absolute Gasteiger partial charge is 0.491 e. The zero-order chi connectivity index (χ0) is 23.3. The van der Waals surface area contributed by atoms with Crippen molar-refractivity contribution in [3.05, 3.63) is 93.9 Å². The van der Waals surface area contributed by atoms with Crippen molar-refractivity contribution in [2.45, 2.75) is 12.2 Å². The Morgan fingerprint density at radius 3 is 1.41 bits per heavy atom. The average molecular weight is 426 g/mol. The Labute approximate surface area is 185 Å². The Hall–Kier alpha value is -4.60. The van der Waals surface area contributed by atoms with Crippen molar-refractivity contribution < 1.29 is 19.7 Å². The van der Waals surface area contributed by atoms with E-state index in [1.807, 2.05) is 0 Å². The number of hydrogen-bond acceptors (Lipinski definition) is 6. The van der Waals surface area contributed by atoms with E-state index in [2.05, 4.69) is 9.69 Å². The molecule has 0 amide bonds. The van der Waals surface area contributed by atoms with Crippen LogP contribution in [0.5, 0.6) is 11.5 Å². The minimum absolute atomic E-state index is 0.0291. The number of ether oxygens (including phenoxy) is 2. The van der Waals surface area contributed by atoms with Crippen LogP contribution in [0.1, 0.15) is 11.1 Å². The summed E-state index contributed by atoms with van der Waals surface area (Å²) in [6.07, 6.45) is 0.507. The van der Waals surface area contributed by atoms with E-state index in [1.165, 1.54) is 12.2 Å². The van der Waals surface area contributed by atoms with E-state index in [-0.39, 0.29) is 24.6 Å². The molecule has 2 unspecified atom stereocenters. The Morgan fingerprint density at radius 2 is 1.12 bits per heavy atom. The summed E-state index contributed by atoms with van der Waals surface area (Å²) in [5, 5.41) is 37.7. The van der Waals surface area contributed by atoms with Crippen LogP contribution in [0.4, 0.5) is 0 Å². The van der Waals surface area contributed by atoms with E-state index in [4.69, 9.17) is 33.1 Å². The highest BCUT2D eigenvalue weighted by Gasteiger charge is 2.18. The van der Waals surface area contributed by atoms with Crippen molar-refractivity contribution in [1.29, 1.82) is 10.5 Å². The van der Waals surface area contributed by atoms with Crippen molar-refractivity contribution in [2.75, 3.05) is 13.2 Å². The van der Waals surface area contributed by atoms with Crippen molar-refractivity contribution in [2.24, 2.45) is 0 Å². The molecule has 2 atom stereocenters. The van der Waals surface area contributed by atoms with Gasteiger partial charge in [-0.2, -0.15) is 0 Å². The Kier molecular flexibility index (Phi) is 9.01. The fraction of sp³-hybridized carbons (Fsp3) is 0.167. The second-order valence-electron chi connectivity index (χ2n) is 6.40. The highest BCUT2D eigenvalue weighted by atomic mass is 16.5. The predicted molar refractivity (Wildman–Crippen MR) is 116 cm³/mol. The van der Waals surface area contributed by atoms with E-state index in [0.717, 1.165) is 0 Å². The van der Waals surface area contributed by atoms with Crippen LogP contribution in [0.15, 0.2) is 59.9 Å². The fourth-order valence-corrected chi connectivity index (χ4v) is 2.40. The third-order valence-electron chi connectivity index (χ3n) is 4.12. The van der Waals surface area contributed by atoms with Gasteiger partial charge in [0, 0.05) is 0 Å². The molecule has 0 saturated carbocycles. The first-order valence-electron chi connectivity index (χ1n) is 9.29. The molecule has 0 aliphatic carbocycles. The Bertz CT molecular complexity index is 1020. The summed E-state index contributed by atoms with van der Waals surface area (Å²) in [7, 11) is 0. The van der Waals surface area contributed by atoms with Crippen molar-refractivity contribution in [1.82, 2.24) is 0 Å². The molecule has 0 fully saturated rings. The first kappa shape index (κ1) is 23.7. The molecular formula is C24H18N4O4. The lowest BCUT2D eigenvalue weighted by Crippen LogP contribution is -2.36. The maximum Gasteiger partial charge on any atom is 0.262 e. The number of nitrogens with zero attached hydrogens (tertiary/aromatic N) is 4. The van der Waals surface area contributed by atoms with Crippen molar-refractivity contribution in [3.63, 3.8) is 0 Å². The van der Waals surface area contributed by atoms with Crippen LogP contribution in [0.25, 0.3) is 21.8 Å². The molecule has 158 valence electrons. The molecule has 8 nitrogen and oxygen atoms in total. The van der Waals surface area contributed by atoms with Crippen LogP contribution < -0.4 is 9.47 Å². The summed E-state index contributed by atoms with van der Waals surface area (Å²) in [6, 6.07) is 16.7. The van der Waals surface area contributed by atoms with E-state index in [1.54, 1.807) is 60.7 Å². The van der Waals surface area contributed by atoms with Gasteiger partial charge in [0.2, 0.25) is 0 Å². The molecule has 2 N–H and O–H groups in total. The summed E-state index contributed by atoms with van der Waals surface area (Å²) in [4.78, 5) is 6.17. The van der Waals surface area contributed by atoms with Gasteiger partial charge in [-0.05, 0) is 47.5 Å². The summed E-state index contributed by atoms with van der Waals surface area (Å²) in [6.45, 7) is 13.4. The van der Waals surface area contributed by atoms with Gasteiger partial charge in [-0.3, -0.25) is 0 Å². The maximum absolute atomic E-state index is 10.1. The fourth-order valence-electron chi connectivity index (χ4n) is 2.40. The molecule has 2 rings (SSSR count). The van der Waals surface area contributed by atoms with Crippen LogP contribution in [0.2, 0.25) is 0 Å². The monoisotopic (exact) mass is 426 g/mol. The number of nitriles is 2. The minimum Gasteiger partial charge on any atom is -0.491 e. The predicted octanol–water partition coefficient (Wildman–Crippen LogP) is 3.43. The molecule has 0 saturated heterocycles. The summed E-state index contributed by atoms with van der Waals surface area (Å²) in [5.74, 6) is 0.908. The molecule has 0 bridgehead atoms. The zero-order valence-electron chi connectivity index (χ0n) is 16.8. The van der Waals surface area contributed by atoms with Crippen LogP contribution in [0.3, 0.4) is 0 Å². The lowest BCUT2D eigenvalue weighted by molar-refractivity contribution is -0.0288. The lowest BCUT2D eigenvalue weighted by atomic mass is 10.2. The van der Waals surface area contributed by atoms with Gasteiger partial charge in [-0.25, -0.2) is 20.2 Å². The Morgan fingerprint density at radius 1 is 0.781 bits per heavy atom. The van der Waals surface area contributed by atoms with Crippen LogP contribution in [-0.4, -0.2) is 35.6 Å². The Balaban J connectivity index is 1.83. The van der Waals surface area contributed by atoms with Crippen LogP contribution in [-0.2, 0) is 0 Å². The number of aliphatic hydroxyl groups excluding tert-OH is 2. The molecular weight excluding hydrogens is 408 g/mol. The number of benzene rings is 2. The molecule has 0 heterocycles. The van der Waals surface area contributed by atoms with E-state index in [0.29, 0.717) is 22.6 Å². The SMILES string of the molecule is [C-]#[N+]C(C#N)=Cc1ccc(OCC(O)C(O)COc2ccc(C=C(C#N)[N+]#[C-])cc2)cc1. The molecule has 8 heteroatoms. The highest BCUT2D eigenvalue weighted by molar-refractivity contribution is 5.60. The maximum atomic E-state index is 10.1. The van der Waals surface area contributed by atoms with Gasteiger partial charge < -0.3 is 19.7 Å². The van der Waals surface area contributed by atoms with Crippen molar-refractivity contribution in [3.8, 4) is 23.6 Å². The van der Waals surface area contributed by atoms with Crippen LogP contribution >= 0.6 is 0 Å². The smallest absolute Gasteiger partial charge is 0.262 e. The molecule has 32 heavy (non-hydrogen) atoms. The third-order valence-corrected chi connectivity index (χ3v) is 4.12. The number of hydrogen-bond donors (Lipinski definition) is 2. The zero-order valence-corrected chi connectivity index (χ0v) is 16.8. The molecule has 0 spiro atoms. The van der Waals surface area contributed by atoms with E-state index in [9.17, 15) is 10.2 Å². The first-order valence-corrected chi connectivity index (χ1v) is 9.29. The van der Waals surface area contributed by atoms with Gasteiger partial charge in [0.25, 0.3) is 11.4 Å². The average Bonchev–Trinajstić information content (AvgIpc) is 2.84. The quantitative estimate of drug-likeness (QED) is 0.469. The van der Waals surface area contributed by atoms with Crippen molar-refractivity contribution >= 4 is 12.2 Å². The second-order valence-corrected chi connectivity index (χ2v) is 6.40. The van der Waals surface area contributed by atoms with Gasteiger partial charge in [0.05, 0.1) is 25.3 Å². The van der Waals surface area contributed by atoms with Crippen LogP contribution in [0, 0.1) is 35.8 Å². The number of aliphatic hydroxyl groups is 2. The topological polar surface area (TPSA) is 115 Å². The van der Waals surface area contributed by atoms with E-state index >= 15 is 0 Å². The summed E-state index contributed by atoms with van der Waals surface area (Å²) < 4.78 is 10.9. The molecule has 2 aromatic carbocycles. The highest BCUT2D eigenvalue weighted by Crippen LogP contribution is 2.17. The molecule has 2 aromatic rings. The van der Waals surface area contributed by atoms with E-state index < -0.39 is 12.2 Å². The molecule has 0 aliphatic rings. The third kappa shape index (κ3) is 7.34. The normalized spacial score (nSPS) is 12.9. The molecule has 0 radical (unpaired) electrons. The van der Waals surface area contributed by atoms with Gasteiger partial charge in [-0.1, -0.05) is 24.3 Å². The van der Waals surface area contributed by atoms with Gasteiger partial charge in [0.1, 0.15) is 36.9 Å². The van der Waals surface area contributed by atoms with Gasteiger partial charge >= 0.3 is 0 Å². The number of allylic oxidation sites excluding steroid dienone is 2. The summed E-state index contributed by atoms with van der Waals surface area (Å²) in [5.41, 5.74) is 1.27. The molecule has 0 aromatic heterocycles. The standard InChI is InChI=1S/C24H18N4O4/c1-27-19(13-25)11-17-3-7-21(8-4-17)31-15-23(29)24(30)16-32-22-9-5-18(6-10-22)12-20(14-26)28-2/h3-12,23-24,29-30H,15-16H2. The lowest BCUT2D eigenvalue weighted by Gasteiger charge is -2.19. The van der Waals surface area contributed by atoms with Gasteiger partial charge in [-0.15, -0.1) is 0 Å². The minimum atomic E-state index is -1.19. The second kappa shape index (κ2) is 12.2.